The number of aromatic nitrogens is 3. The minimum Gasteiger partial charge on any atom is -0.419 e. The molecular formula is C18H21N5O2. The lowest BCUT2D eigenvalue weighted by atomic mass is 10.2. The molecule has 0 radical (unpaired) electrons. The summed E-state index contributed by atoms with van der Waals surface area (Å²) in [5.41, 5.74) is 1.95. The molecule has 0 aliphatic carbocycles. The fourth-order valence-corrected chi connectivity index (χ4v) is 3.03. The van der Waals surface area contributed by atoms with Gasteiger partial charge in [-0.15, -0.1) is 10.2 Å². The van der Waals surface area contributed by atoms with E-state index < -0.39 is 0 Å². The van der Waals surface area contributed by atoms with Gasteiger partial charge in [0.2, 0.25) is 11.8 Å². The molecule has 0 atom stereocenters. The zero-order chi connectivity index (χ0) is 17.1. The van der Waals surface area contributed by atoms with E-state index in [-0.39, 0.29) is 0 Å². The third-order valence-electron chi connectivity index (χ3n) is 4.37. The molecule has 0 spiro atoms. The summed E-state index contributed by atoms with van der Waals surface area (Å²) in [6, 6.07) is 11.9. The smallest absolute Gasteiger partial charge is 0.247 e. The van der Waals surface area contributed by atoms with Crippen LogP contribution in [0, 0.1) is 6.92 Å². The van der Waals surface area contributed by atoms with E-state index in [2.05, 4.69) is 25.2 Å². The molecule has 0 unspecified atom stereocenters. The van der Waals surface area contributed by atoms with Crippen molar-refractivity contribution in [3.63, 3.8) is 0 Å². The van der Waals surface area contributed by atoms with Gasteiger partial charge in [-0.1, -0.05) is 23.4 Å². The highest BCUT2D eigenvalue weighted by Gasteiger charge is 2.20. The molecule has 0 saturated carbocycles. The number of hydrogen-bond donors (Lipinski definition) is 0. The van der Waals surface area contributed by atoms with Crippen LogP contribution in [0.2, 0.25) is 0 Å². The van der Waals surface area contributed by atoms with Gasteiger partial charge in [0, 0.05) is 44.4 Å². The van der Waals surface area contributed by atoms with Crippen LogP contribution in [0.1, 0.15) is 17.3 Å². The summed E-state index contributed by atoms with van der Waals surface area (Å²) < 4.78 is 10.9. The average Bonchev–Trinajstić information content (AvgIpc) is 3.27. The summed E-state index contributed by atoms with van der Waals surface area (Å²) in [4.78, 5) is 4.73. The first-order valence-electron chi connectivity index (χ1n) is 8.51. The summed E-state index contributed by atoms with van der Waals surface area (Å²) in [6.07, 6.45) is 0. The van der Waals surface area contributed by atoms with E-state index in [1.807, 2.05) is 43.3 Å². The maximum absolute atomic E-state index is 5.80. The SMILES string of the molecule is Cc1cc(CN2CCN(Cc3nnc(-c4ccccc4)o3)CC2)no1. The van der Waals surface area contributed by atoms with Crippen molar-refractivity contribution in [1.82, 2.24) is 25.2 Å². The first-order chi connectivity index (χ1) is 12.3. The van der Waals surface area contributed by atoms with Crippen LogP contribution in [0.15, 0.2) is 45.3 Å². The molecule has 0 N–H and O–H groups in total. The van der Waals surface area contributed by atoms with Crippen molar-refractivity contribution in [1.29, 1.82) is 0 Å². The largest absolute Gasteiger partial charge is 0.419 e. The van der Waals surface area contributed by atoms with Gasteiger partial charge >= 0.3 is 0 Å². The Morgan fingerprint density at radius 3 is 2.36 bits per heavy atom. The predicted molar refractivity (Wildman–Crippen MR) is 91.5 cm³/mol. The Labute approximate surface area is 146 Å². The highest BCUT2D eigenvalue weighted by molar-refractivity contribution is 5.51. The minimum atomic E-state index is 0.579. The van der Waals surface area contributed by atoms with E-state index >= 15 is 0 Å². The van der Waals surface area contributed by atoms with Crippen LogP contribution in [0.5, 0.6) is 0 Å². The normalized spacial score (nSPS) is 16.4. The second kappa shape index (κ2) is 7.16. The molecule has 7 heteroatoms. The molecule has 1 aliphatic heterocycles. The van der Waals surface area contributed by atoms with E-state index in [0.29, 0.717) is 18.3 Å². The van der Waals surface area contributed by atoms with E-state index in [1.54, 1.807) is 0 Å². The number of aryl methyl sites for hydroxylation is 1. The van der Waals surface area contributed by atoms with Gasteiger partial charge in [-0.05, 0) is 19.1 Å². The molecule has 4 rings (SSSR count). The summed E-state index contributed by atoms with van der Waals surface area (Å²) >= 11 is 0. The molecule has 1 fully saturated rings. The molecular weight excluding hydrogens is 318 g/mol. The lowest BCUT2D eigenvalue weighted by molar-refractivity contribution is 0.113. The van der Waals surface area contributed by atoms with Gasteiger partial charge in [0.25, 0.3) is 0 Å². The van der Waals surface area contributed by atoms with Crippen molar-refractivity contribution in [3.8, 4) is 11.5 Å². The maximum Gasteiger partial charge on any atom is 0.247 e. The third kappa shape index (κ3) is 3.94. The minimum absolute atomic E-state index is 0.579. The lowest BCUT2D eigenvalue weighted by Crippen LogP contribution is -2.45. The van der Waals surface area contributed by atoms with Crippen LogP contribution >= 0.6 is 0 Å². The lowest BCUT2D eigenvalue weighted by Gasteiger charge is -2.33. The van der Waals surface area contributed by atoms with Crippen molar-refractivity contribution >= 4 is 0 Å². The Bertz CT molecular complexity index is 806. The first kappa shape index (κ1) is 16.0. The van der Waals surface area contributed by atoms with Crippen LogP contribution in [0.4, 0.5) is 0 Å². The van der Waals surface area contributed by atoms with Gasteiger partial charge in [0.1, 0.15) is 5.76 Å². The maximum atomic E-state index is 5.80. The van der Waals surface area contributed by atoms with Crippen molar-refractivity contribution in [2.24, 2.45) is 0 Å². The molecule has 3 aromatic rings. The number of hydrogen-bond acceptors (Lipinski definition) is 7. The zero-order valence-electron chi connectivity index (χ0n) is 14.3. The molecule has 25 heavy (non-hydrogen) atoms. The van der Waals surface area contributed by atoms with E-state index in [9.17, 15) is 0 Å². The van der Waals surface area contributed by atoms with E-state index in [0.717, 1.165) is 49.7 Å². The monoisotopic (exact) mass is 339 g/mol. The molecule has 0 bridgehead atoms. The predicted octanol–water partition coefficient (Wildman–Crippen LogP) is 2.35. The van der Waals surface area contributed by atoms with E-state index in [4.69, 9.17) is 8.94 Å². The van der Waals surface area contributed by atoms with Gasteiger partial charge in [-0.3, -0.25) is 9.80 Å². The molecule has 130 valence electrons. The Morgan fingerprint density at radius 2 is 1.68 bits per heavy atom. The highest BCUT2D eigenvalue weighted by atomic mass is 16.5. The standard InChI is InChI=1S/C18H21N5O2/c1-14-11-16(21-25-14)12-22-7-9-23(10-8-22)13-17-19-20-18(24-17)15-5-3-2-4-6-15/h2-6,11H,7-10,12-13H2,1H3. The number of piperazine rings is 1. The van der Waals surface area contributed by atoms with E-state index in [1.165, 1.54) is 0 Å². The van der Waals surface area contributed by atoms with Crippen LogP contribution in [-0.2, 0) is 13.1 Å². The zero-order valence-corrected chi connectivity index (χ0v) is 14.3. The summed E-state index contributed by atoms with van der Waals surface area (Å²) in [6.45, 7) is 7.38. The summed E-state index contributed by atoms with van der Waals surface area (Å²) in [5.74, 6) is 2.11. The molecule has 0 amide bonds. The second-order valence-electron chi connectivity index (χ2n) is 6.35. The molecule has 1 saturated heterocycles. The summed E-state index contributed by atoms with van der Waals surface area (Å²) in [7, 11) is 0. The topological polar surface area (TPSA) is 71.4 Å². The molecule has 1 aromatic carbocycles. The first-order valence-corrected chi connectivity index (χ1v) is 8.51. The second-order valence-corrected chi connectivity index (χ2v) is 6.35. The fraction of sp³-hybridized carbons (Fsp3) is 0.389. The molecule has 7 nitrogen and oxygen atoms in total. The Morgan fingerprint density at radius 1 is 0.960 bits per heavy atom. The van der Waals surface area contributed by atoms with Crippen LogP contribution in [0.3, 0.4) is 0 Å². The van der Waals surface area contributed by atoms with Crippen LogP contribution in [0.25, 0.3) is 11.5 Å². The number of rotatable bonds is 5. The van der Waals surface area contributed by atoms with Crippen molar-refractivity contribution in [2.75, 3.05) is 26.2 Å². The Balaban J connectivity index is 1.29. The van der Waals surface area contributed by atoms with Gasteiger partial charge < -0.3 is 8.94 Å². The van der Waals surface area contributed by atoms with Gasteiger partial charge in [-0.2, -0.15) is 0 Å². The number of nitrogens with zero attached hydrogens (tertiary/aromatic N) is 5. The Kier molecular flexibility index (Phi) is 4.58. The van der Waals surface area contributed by atoms with Gasteiger partial charge in [0.05, 0.1) is 12.2 Å². The molecule has 2 aromatic heterocycles. The van der Waals surface area contributed by atoms with Crippen molar-refractivity contribution < 1.29 is 8.94 Å². The third-order valence-corrected chi connectivity index (χ3v) is 4.37. The Hall–Kier alpha value is -2.51. The van der Waals surface area contributed by atoms with Crippen molar-refractivity contribution in [2.45, 2.75) is 20.0 Å². The summed E-state index contributed by atoms with van der Waals surface area (Å²) in [5, 5.41) is 12.4. The highest BCUT2D eigenvalue weighted by Crippen LogP contribution is 2.18. The molecule has 1 aliphatic rings. The average molecular weight is 339 g/mol. The van der Waals surface area contributed by atoms with Gasteiger partial charge in [0.15, 0.2) is 0 Å². The fourth-order valence-electron chi connectivity index (χ4n) is 3.03. The van der Waals surface area contributed by atoms with Crippen molar-refractivity contribution in [3.05, 3.63) is 53.7 Å². The van der Waals surface area contributed by atoms with Crippen LogP contribution < -0.4 is 0 Å². The quantitative estimate of drug-likeness (QED) is 0.706. The van der Waals surface area contributed by atoms with Gasteiger partial charge in [-0.25, -0.2) is 0 Å². The number of benzene rings is 1. The van der Waals surface area contributed by atoms with Crippen LogP contribution in [-0.4, -0.2) is 51.3 Å². The molecule has 3 heterocycles.